The molecule has 0 aliphatic rings. The highest BCUT2D eigenvalue weighted by Crippen LogP contribution is 2.31. The molecule has 1 rings (SSSR count). The third-order valence-corrected chi connectivity index (χ3v) is 3.23. The van der Waals surface area contributed by atoms with E-state index in [1.54, 1.807) is 18.4 Å². The van der Waals surface area contributed by atoms with Gasteiger partial charge >= 0.3 is 0 Å². The summed E-state index contributed by atoms with van der Waals surface area (Å²) in [7, 11) is -3.61. The van der Waals surface area contributed by atoms with Crippen molar-refractivity contribution in [1.82, 2.24) is 0 Å². The van der Waals surface area contributed by atoms with Crippen LogP contribution in [0.2, 0.25) is 0 Å². The highest BCUT2D eigenvalue weighted by Gasteiger charge is 2.20. The molecule has 0 unspecified atom stereocenters. The highest BCUT2D eigenvalue weighted by molar-refractivity contribution is 7.98. The van der Waals surface area contributed by atoms with E-state index in [0.29, 0.717) is 4.90 Å². The zero-order valence-corrected chi connectivity index (χ0v) is 10.9. The van der Waals surface area contributed by atoms with E-state index in [2.05, 4.69) is 4.18 Å². The van der Waals surface area contributed by atoms with Crippen molar-refractivity contribution < 1.29 is 17.5 Å². The lowest BCUT2D eigenvalue weighted by Gasteiger charge is -2.05. The quantitative estimate of drug-likeness (QED) is 0.353. The molecule has 1 aromatic carbocycles. The fourth-order valence-corrected chi connectivity index (χ4v) is 2.18. The van der Waals surface area contributed by atoms with Crippen molar-refractivity contribution in [2.24, 2.45) is 0 Å². The molecule has 0 aliphatic carbocycles. The average molecular weight is 277 g/mol. The molecule has 1 aromatic rings. The summed E-state index contributed by atoms with van der Waals surface area (Å²) in [5, 5.41) is 10.9. The molecule has 0 bridgehead atoms. The Labute approximate surface area is 103 Å². The van der Waals surface area contributed by atoms with Gasteiger partial charge in [-0.2, -0.15) is 8.42 Å². The summed E-state index contributed by atoms with van der Waals surface area (Å²) >= 11 is 1.22. The molecule has 0 saturated carbocycles. The lowest BCUT2D eigenvalue weighted by molar-refractivity contribution is -0.388. The number of benzene rings is 1. The van der Waals surface area contributed by atoms with Crippen molar-refractivity contribution in [3.8, 4) is 0 Å². The molecule has 0 saturated heterocycles. The van der Waals surface area contributed by atoms with E-state index in [1.165, 1.54) is 17.8 Å². The van der Waals surface area contributed by atoms with Crippen LogP contribution in [0.1, 0.15) is 5.56 Å². The zero-order valence-electron chi connectivity index (χ0n) is 9.24. The Balaban J connectivity index is 3.11. The molecule has 94 valence electrons. The molecule has 8 heteroatoms. The SMILES string of the molecule is CSc1cccc(COS(C)(=O)=O)c1[N+](=O)[O-]. The van der Waals surface area contributed by atoms with Crippen LogP contribution >= 0.6 is 11.8 Å². The van der Waals surface area contributed by atoms with E-state index >= 15 is 0 Å². The summed E-state index contributed by atoms with van der Waals surface area (Å²) in [6.45, 7) is -0.330. The van der Waals surface area contributed by atoms with Crippen LogP contribution in [0.15, 0.2) is 23.1 Å². The number of hydrogen-bond donors (Lipinski definition) is 0. The van der Waals surface area contributed by atoms with Crippen molar-refractivity contribution >= 4 is 27.6 Å². The summed E-state index contributed by atoms with van der Waals surface area (Å²) in [4.78, 5) is 10.9. The van der Waals surface area contributed by atoms with Gasteiger partial charge in [-0.25, -0.2) is 0 Å². The van der Waals surface area contributed by atoms with Gasteiger partial charge < -0.3 is 0 Å². The third-order valence-electron chi connectivity index (χ3n) is 1.91. The molecular weight excluding hydrogens is 266 g/mol. The Morgan fingerprint density at radius 2 is 2.12 bits per heavy atom. The largest absolute Gasteiger partial charge is 0.288 e. The first-order valence-corrected chi connectivity index (χ1v) is 7.54. The van der Waals surface area contributed by atoms with E-state index in [0.717, 1.165) is 6.26 Å². The van der Waals surface area contributed by atoms with Gasteiger partial charge in [-0.05, 0) is 18.4 Å². The van der Waals surface area contributed by atoms with Crippen molar-refractivity contribution in [2.75, 3.05) is 12.5 Å². The van der Waals surface area contributed by atoms with Crippen LogP contribution in [-0.2, 0) is 20.9 Å². The summed E-state index contributed by atoms with van der Waals surface area (Å²) in [6.07, 6.45) is 2.61. The van der Waals surface area contributed by atoms with Crippen molar-refractivity contribution in [3.05, 3.63) is 33.9 Å². The summed E-state index contributed by atoms with van der Waals surface area (Å²) in [5.41, 5.74) is 0.135. The van der Waals surface area contributed by atoms with Gasteiger partial charge in [0.05, 0.1) is 28.2 Å². The molecule has 0 amide bonds. The topological polar surface area (TPSA) is 86.5 Å². The van der Waals surface area contributed by atoms with Gasteiger partial charge in [-0.15, -0.1) is 11.8 Å². The number of hydrogen-bond acceptors (Lipinski definition) is 6. The van der Waals surface area contributed by atoms with E-state index in [4.69, 9.17) is 0 Å². The number of nitro benzene ring substituents is 1. The minimum atomic E-state index is -3.61. The van der Waals surface area contributed by atoms with Gasteiger partial charge in [-0.1, -0.05) is 6.07 Å². The smallest absolute Gasteiger partial charge is 0.265 e. The minimum absolute atomic E-state index is 0.108. The maximum Gasteiger partial charge on any atom is 0.288 e. The van der Waals surface area contributed by atoms with E-state index in [1.807, 2.05) is 0 Å². The zero-order chi connectivity index (χ0) is 13.1. The van der Waals surface area contributed by atoms with Gasteiger partial charge in [0.15, 0.2) is 0 Å². The van der Waals surface area contributed by atoms with Crippen LogP contribution in [0, 0.1) is 10.1 Å². The number of thioether (sulfide) groups is 1. The molecule has 17 heavy (non-hydrogen) atoms. The Hall–Kier alpha value is -1.12. The Morgan fingerprint density at radius 1 is 1.47 bits per heavy atom. The van der Waals surface area contributed by atoms with Crippen molar-refractivity contribution in [2.45, 2.75) is 11.5 Å². The highest BCUT2D eigenvalue weighted by atomic mass is 32.2. The van der Waals surface area contributed by atoms with Gasteiger partial charge in [0, 0.05) is 0 Å². The molecule has 0 fully saturated rings. The van der Waals surface area contributed by atoms with E-state index < -0.39 is 15.0 Å². The van der Waals surface area contributed by atoms with Crippen molar-refractivity contribution in [1.29, 1.82) is 0 Å². The fraction of sp³-hybridized carbons (Fsp3) is 0.333. The number of para-hydroxylation sites is 1. The minimum Gasteiger partial charge on any atom is -0.265 e. The Kier molecular flexibility index (Phi) is 4.49. The standard InChI is InChI=1S/C9H11NO5S2/c1-16-8-5-3-4-7(9(8)10(11)12)6-15-17(2,13)14/h3-5H,6H2,1-2H3. The normalized spacial score (nSPS) is 11.4. The average Bonchev–Trinajstić information content (AvgIpc) is 2.24. The predicted octanol–water partition coefficient (Wildman–Crippen LogP) is 1.79. The van der Waals surface area contributed by atoms with Gasteiger partial charge in [0.1, 0.15) is 0 Å². The van der Waals surface area contributed by atoms with Crippen LogP contribution in [-0.4, -0.2) is 25.9 Å². The van der Waals surface area contributed by atoms with E-state index in [9.17, 15) is 18.5 Å². The maximum absolute atomic E-state index is 10.9. The summed E-state index contributed by atoms with van der Waals surface area (Å²) in [6, 6.07) is 4.70. The summed E-state index contributed by atoms with van der Waals surface area (Å²) < 4.78 is 26.3. The number of nitrogens with zero attached hydrogens (tertiary/aromatic N) is 1. The summed E-state index contributed by atoms with van der Waals surface area (Å²) in [5.74, 6) is 0. The number of rotatable bonds is 5. The Bertz CT molecular complexity index is 526. The molecule has 0 aliphatic heterocycles. The van der Waals surface area contributed by atoms with Crippen LogP contribution in [0.25, 0.3) is 0 Å². The van der Waals surface area contributed by atoms with Gasteiger partial charge in [0.25, 0.3) is 15.8 Å². The molecule has 0 spiro atoms. The molecule has 0 aromatic heterocycles. The molecule has 0 heterocycles. The predicted molar refractivity (Wildman–Crippen MR) is 64.5 cm³/mol. The molecule has 6 nitrogen and oxygen atoms in total. The van der Waals surface area contributed by atoms with E-state index in [-0.39, 0.29) is 17.9 Å². The molecular formula is C9H11NO5S2. The van der Waals surface area contributed by atoms with Crippen LogP contribution in [0.5, 0.6) is 0 Å². The Morgan fingerprint density at radius 3 is 2.59 bits per heavy atom. The molecule has 0 atom stereocenters. The monoisotopic (exact) mass is 277 g/mol. The van der Waals surface area contributed by atoms with Crippen LogP contribution in [0.4, 0.5) is 5.69 Å². The first-order valence-electron chi connectivity index (χ1n) is 4.50. The van der Waals surface area contributed by atoms with Gasteiger partial charge in [-0.3, -0.25) is 14.3 Å². The van der Waals surface area contributed by atoms with Crippen LogP contribution < -0.4 is 0 Å². The lowest BCUT2D eigenvalue weighted by atomic mass is 10.2. The van der Waals surface area contributed by atoms with Gasteiger partial charge in [0.2, 0.25) is 0 Å². The number of nitro groups is 1. The third kappa shape index (κ3) is 3.99. The van der Waals surface area contributed by atoms with Crippen LogP contribution in [0.3, 0.4) is 0 Å². The maximum atomic E-state index is 10.9. The second-order valence-electron chi connectivity index (χ2n) is 3.19. The second kappa shape index (κ2) is 5.48. The van der Waals surface area contributed by atoms with Crippen molar-refractivity contribution in [3.63, 3.8) is 0 Å². The molecule has 0 N–H and O–H groups in total. The first kappa shape index (κ1) is 13.9. The lowest BCUT2D eigenvalue weighted by Crippen LogP contribution is -2.05. The molecule has 0 radical (unpaired) electrons. The second-order valence-corrected chi connectivity index (χ2v) is 5.68. The first-order chi connectivity index (χ1) is 7.85. The fourth-order valence-electron chi connectivity index (χ4n) is 1.23.